The number of halogens is 3. The van der Waals surface area contributed by atoms with E-state index < -0.39 is 29.2 Å². The molecule has 1 aliphatic rings. The molecule has 0 saturated heterocycles. The molecule has 1 atom stereocenters. The molecule has 0 amide bonds. The highest BCUT2D eigenvalue weighted by Crippen LogP contribution is 2.20. The van der Waals surface area contributed by atoms with Crippen molar-refractivity contribution in [3.63, 3.8) is 0 Å². The summed E-state index contributed by atoms with van der Waals surface area (Å²) in [7, 11) is 1.21. The molecule has 0 fully saturated rings. The van der Waals surface area contributed by atoms with Gasteiger partial charge in [0.1, 0.15) is 16.9 Å². The maximum atomic E-state index is 14.3. The van der Waals surface area contributed by atoms with Crippen LogP contribution in [0.2, 0.25) is 0 Å². The van der Waals surface area contributed by atoms with Gasteiger partial charge < -0.3 is 15.5 Å². The number of aromatic nitrogens is 2. The second-order valence-corrected chi connectivity index (χ2v) is 5.34. The van der Waals surface area contributed by atoms with Crippen LogP contribution in [0.15, 0.2) is 34.5 Å². The molecule has 24 heavy (non-hydrogen) atoms. The molecule has 0 saturated carbocycles. The number of hydrogen-bond acceptors (Lipinski definition) is 3. The number of allylic oxidation sites excluding steroid dienone is 1. The van der Waals surface area contributed by atoms with Gasteiger partial charge in [-0.2, -0.15) is 0 Å². The highest BCUT2D eigenvalue weighted by molar-refractivity contribution is 5.61. The number of alkyl halides is 1. The number of ether oxygens (including phenoxy) is 1. The zero-order chi connectivity index (χ0) is 17.6. The van der Waals surface area contributed by atoms with E-state index in [1.165, 1.54) is 19.2 Å². The lowest BCUT2D eigenvalue weighted by Gasteiger charge is -2.06. The molecule has 0 radical (unpaired) electrons. The number of aryl methyl sites for hydroxylation is 1. The summed E-state index contributed by atoms with van der Waals surface area (Å²) >= 11 is 0. The van der Waals surface area contributed by atoms with Crippen molar-refractivity contribution >= 4 is 11.8 Å². The number of methoxy groups -OCH3 is 1. The Kier molecular flexibility index (Phi) is 3.75. The summed E-state index contributed by atoms with van der Waals surface area (Å²) in [4.78, 5) is 14.7. The first-order valence-corrected chi connectivity index (χ1v) is 7.02. The van der Waals surface area contributed by atoms with Crippen LogP contribution in [-0.4, -0.2) is 22.8 Å². The van der Waals surface area contributed by atoms with E-state index in [2.05, 4.69) is 4.98 Å². The van der Waals surface area contributed by atoms with Gasteiger partial charge in [0.2, 0.25) is 0 Å². The fourth-order valence-electron chi connectivity index (χ4n) is 2.63. The summed E-state index contributed by atoms with van der Waals surface area (Å²) in [6, 6.07) is 4.22. The SMILES string of the molecule is COC1=c2[nH]c(=O)n(-c3ccc(C)cc3F)c2=CC(F)C(F)=C1N. The zero-order valence-corrected chi connectivity index (χ0v) is 12.9. The topological polar surface area (TPSA) is 73.0 Å². The number of hydrogen-bond donors (Lipinski definition) is 2. The molecule has 3 rings (SSSR count). The lowest BCUT2D eigenvalue weighted by molar-refractivity contribution is 0.354. The van der Waals surface area contributed by atoms with Gasteiger partial charge >= 0.3 is 5.69 Å². The Labute approximate surface area is 134 Å². The molecule has 2 aromatic rings. The Morgan fingerprint density at radius 2 is 2.04 bits per heavy atom. The van der Waals surface area contributed by atoms with Gasteiger partial charge in [-0.1, -0.05) is 6.07 Å². The van der Waals surface area contributed by atoms with E-state index >= 15 is 0 Å². The van der Waals surface area contributed by atoms with E-state index in [0.29, 0.717) is 5.56 Å². The van der Waals surface area contributed by atoms with Crippen LogP contribution in [0.3, 0.4) is 0 Å². The normalized spacial score (nSPS) is 17.4. The molecule has 8 heteroatoms. The highest BCUT2D eigenvalue weighted by atomic mass is 19.2. The first-order chi connectivity index (χ1) is 11.3. The molecule has 126 valence electrons. The van der Waals surface area contributed by atoms with E-state index in [-0.39, 0.29) is 22.1 Å². The molecule has 0 aliphatic heterocycles. The third-order valence-electron chi connectivity index (χ3n) is 3.76. The number of benzene rings is 1. The monoisotopic (exact) mass is 337 g/mol. The Bertz CT molecular complexity index is 1030. The van der Waals surface area contributed by atoms with Crippen molar-refractivity contribution < 1.29 is 17.9 Å². The minimum atomic E-state index is -2.19. The second-order valence-electron chi connectivity index (χ2n) is 5.34. The summed E-state index contributed by atoms with van der Waals surface area (Å²) in [5.41, 5.74) is 4.84. The Balaban J connectivity index is 2.47. The fraction of sp³-hybridized carbons (Fsp3) is 0.188. The quantitative estimate of drug-likeness (QED) is 0.845. The van der Waals surface area contributed by atoms with Crippen LogP contribution >= 0.6 is 0 Å². The molecule has 1 aromatic heterocycles. The van der Waals surface area contributed by atoms with Crippen LogP contribution in [-0.2, 0) is 4.74 Å². The third-order valence-corrected chi connectivity index (χ3v) is 3.76. The number of fused-ring (bicyclic) bond motifs is 1. The van der Waals surface area contributed by atoms with Crippen LogP contribution in [0.25, 0.3) is 17.5 Å². The summed E-state index contributed by atoms with van der Waals surface area (Å²) < 4.78 is 48.2. The number of nitrogens with one attached hydrogen (secondary N) is 1. The van der Waals surface area contributed by atoms with Crippen molar-refractivity contribution in [2.45, 2.75) is 13.1 Å². The zero-order valence-electron chi connectivity index (χ0n) is 12.9. The predicted octanol–water partition coefficient (Wildman–Crippen LogP) is 0.640. The molecular weight excluding hydrogens is 323 g/mol. The van der Waals surface area contributed by atoms with Crippen molar-refractivity contribution in [3.05, 3.63) is 62.3 Å². The average molecular weight is 337 g/mol. The molecule has 0 bridgehead atoms. The number of H-pyrrole nitrogens is 1. The van der Waals surface area contributed by atoms with Crippen LogP contribution in [0.4, 0.5) is 13.2 Å². The molecule has 1 unspecified atom stereocenters. The summed E-state index contributed by atoms with van der Waals surface area (Å²) in [6.07, 6.45) is -1.34. The van der Waals surface area contributed by atoms with E-state index in [0.717, 1.165) is 10.6 Å². The van der Waals surface area contributed by atoms with Crippen molar-refractivity contribution in [2.24, 2.45) is 5.73 Å². The lowest BCUT2D eigenvalue weighted by atomic mass is 10.2. The van der Waals surface area contributed by atoms with Crippen molar-refractivity contribution in [1.29, 1.82) is 0 Å². The molecule has 3 N–H and O–H groups in total. The minimum absolute atomic E-state index is 0.0183. The van der Waals surface area contributed by atoms with Gasteiger partial charge in [-0.05, 0) is 30.7 Å². The van der Waals surface area contributed by atoms with E-state index in [9.17, 15) is 18.0 Å². The molecule has 1 aliphatic carbocycles. The molecule has 1 heterocycles. The highest BCUT2D eigenvalue weighted by Gasteiger charge is 2.24. The van der Waals surface area contributed by atoms with Crippen molar-refractivity contribution in [2.75, 3.05) is 7.11 Å². The van der Waals surface area contributed by atoms with Crippen LogP contribution in [0.5, 0.6) is 0 Å². The largest absolute Gasteiger partial charge is 0.492 e. The number of imidazole rings is 1. The summed E-state index contributed by atoms with van der Waals surface area (Å²) in [6.45, 7) is 1.69. The first kappa shape index (κ1) is 16.0. The number of rotatable bonds is 2. The van der Waals surface area contributed by atoms with Crippen molar-refractivity contribution in [1.82, 2.24) is 9.55 Å². The third kappa shape index (κ3) is 2.31. The molecule has 0 spiro atoms. The van der Waals surface area contributed by atoms with Crippen LogP contribution < -0.4 is 22.1 Å². The van der Waals surface area contributed by atoms with Crippen molar-refractivity contribution in [3.8, 4) is 5.69 Å². The van der Waals surface area contributed by atoms with Gasteiger partial charge in [-0.15, -0.1) is 0 Å². The Morgan fingerprint density at radius 3 is 2.67 bits per heavy atom. The molecule has 1 aromatic carbocycles. The summed E-state index contributed by atoms with van der Waals surface area (Å²) in [5.74, 6) is -2.13. The first-order valence-electron chi connectivity index (χ1n) is 7.02. The van der Waals surface area contributed by atoms with E-state index in [1.807, 2.05) is 0 Å². The molecule has 5 nitrogen and oxygen atoms in total. The predicted molar refractivity (Wildman–Crippen MR) is 82.4 cm³/mol. The van der Waals surface area contributed by atoms with Gasteiger partial charge in [-0.3, -0.25) is 4.57 Å². The maximum absolute atomic E-state index is 14.3. The maximum Gasteiger partial charge on any atom is 0.331 e. The number of nitrogens with two attached hydrogens (primary N) is 1. The number of nitrogens with zero attached hydrogens (tertiary/aromatic N) is 1. The van der Waals surface area contributed by atoms with E-state index in [1.54, 1.807) is 13.0 Å². The smallest absolute Gasteiger partial charge is 0.331 e. The molecular formula is C16H14F3N3O2. The van der Waals surface area contributed by atoms with Crippen LogP contribution in [0.1, 0.15) is 5.56 Å². The minimum Gasteiger partial charge on any atom is -0.492 e. The Hall–Kier alpha value is -2.90. The van der Waals surface area contributed by atoms with Gasteiger partial charge in [0.15, 0.2) is 17.8 Å². The number of aromatic amines is 1. The van der Waals surface area contributed by atoms with Gasteiger partial charge in [-0.25, -0.2) is 18.0 Å². The van der Waals surface area contributed by atoms with Gasteiger partial charge in [0.05, 0.1) is 18.1 Å². The standard InChI is InChI=1S/C16H14F3N3O2/c1-7-3-4-10(8(17)5-7)22-11-6-9(18)12(19)13(20)15(24-2)14(11)21-16(22)23/h3-6,9H,20H2,1-2H3,(H,21,23). The Morgan fingerprint density at radius 1 is 1.33 bits per heavy atom. The second kappa shape index (κ2) is 5.63. The van der Waals surface area contributed by atoms with E-state index in [4.69, 9.17) is 10.5 Å². The fourth-order valence-corrected chi connectivity index (χ4v) is 2.63. The average Bonchev–Trinajstić information content (AvgIpc) is 2.79. The lowest BCUT2D eigenvalue weighted by Crippen LogP contribution is -2.34. The van der Waals surface area contributed by atoms with Gasteiger partial charge in [0.25, 0.3) is 0 Å². The van der Waals surface area contributed by atoms with Crippen LogP contribution in [0, 0.1) is 12.7 Å². The summed E-state index contributed by atoms with van der Waals surface area (Å²) in [5, 5.41) is -0.0852. The van der Waals surface area contributed by atoms with Gasteiger partial charge in [0, 0.05) is 0 Å².